The number of nitrogens with zero attached hydrogens (tertiary/aromatic N) is 1. The number of sulfone groups is 1. The predicted molar refractivity (Wildman–Crippen MR) is 101 cm³/mol. The van der Waals surface area contributed by atoms with Crippen LogP contribution in [0.1, 0.15) is 21.5 Å². The molecule has 0 N–H and O–H groups in total. The average Bonchev–Trinajstić information content (AvgIpc) is 2.90. The summed E-state index contributed by atoms with van der Waals surface area (Å²) in [6.07, 6.45) is 1.56. The fourth-order valence-corrected chi connectivity index (χ4v) is 4.27. The molecule has 0 radical (unpaired) electrons. The number of amides is 1. The third-order valence-corrected chi connectivity index (χ3v) is 5.91. The molecule has 0 aromatic heterocycles. The number of rotatable bonds is 3. The third-order valence-electron chi connectivity index (χ3n) is 4.30. The number of benzene rings is 2. The molecule has 0 fully saturated rings. The van der Waals surface area contributed by atoms with Crippen molar-refractivity contribution in [3.05, 3.63) is 75.7 Å². The quantitative estimate of drug-likeness (QED) is 0.817. The van der Waals surface area contributed by atoms with Gasteiger partial charge in [0.05, 0.1) is 11.8 Å². The molecule has 1 heterocycles. The van der Waals surface area contributed by atoms with Crippen molar-refractivity contribution in [1.29, 1.82) is 0 Å². The Hall–Kier alpha value is -2.11. The zero-order valence-corrected chi connectivity index (χ0v) is 15.5. The maximum atomic E-state index is 13.1. The second-order valence-corrected chi connectivity index (χ2v) is 8.55. The number of carbonyl (C=O) groups excluding carboxylic acids is 1. The van der Waals surface area contributed by atoms with Crippen LogP contribution in [0.4, 0.5) is 5.69 Å². The van der Waals surface area contributed by atoms with Crippen LogP contribution >= 0.6 is 11.6 Å². The molecule has 0 saturated heterocycles. The van der Waals surface area contributed by atoms with Crippen LogP contribution in [0.3, 0.4) is 0 Å². The van der Waals surface area contributed by atoms with Gasteiger partial charge in [-0.05, 0) is 61.4 Å². The van der Waals surface area contributed by atoms with E-state index in [1.807, 2.05) is 32.0 Å². The van der Waals surface area contributed by atoms with E-state index in [0.29, 0.717) is 16.3 Å². The van der Waals surface area contributed by atoms with Crippen molar-refractivity contribution in [2.75, 3.05) is 10.7 Å². The van der Waals surface area contributed by atoms with Crippen molar-refractivity contribution >= 4 is 33.0 Å². The van der Waals surface area contributed by atoms with Crippen molar-refractivity contribution in [2.45, 2.75) is 19.9 Å². The normalized spacial score (nSPS) is 18.3. The minimum absolute atomic E-state index is 0.119. The average molecular weight is 376 g/mol. The Morgan fingerprint density at radius 2 is 1.88 bits per heavy atom. The van der Waals surface area contributed by atoms with E-state index >= 15 is 0 Å². The largest absolute Gasteiger partial charge is 0.300 e. The summed E-state index contributed by atoms with van der Waals surface area (Å²) < 4.78 is 23.7. The van der Waals surface area contributed by atoms with Gasteiger partial charge in [-0.2, -0.15) is 0 Å². The van der Waals surface area contributed by atoms with Gasteiger partial charge in [0.2, 0.25) is 0 Å². The molecule has 1 amide bonds. The summed E-state index contributed by atoms with van der Waals surface area (Å²) in [5, 5.41) is 1.64. The van der Waals surface area contributed by atoms with E-state index in [1.54, 1.807) is 30.3 Å². The zero-order chi connectivity index (χ0) is 18.2. The molecule has 3 rings (SSSR count). The Morgan fingerprint density at radius 3 is 2.48 bits per heavy atom. The van der Waals surface area contributed by atoms with Crippen molar-refractivity contribution < 1.29 is 13.2 Å². The molecule has 1 aliphatic rings. The first kappa shape index (κ1) is 17.7. The van der Waals surface area contributed by atoms with Crippen LogP contribution in [0, 0.1) is 13.8 Å². The fraction of sp³-hybridized carbons (Fsp3) is 0.211. The molecule has 2 aromatic carbocycles. The molecule has 4 nitrogen and oxygen atoms in total. The lowest BCUT2D eigenvalue weighted by Gasteiger charge is -2.28. The lowest BCUT2D eigenvalue weighted by molar-refractivity contribution is 0.0983. The molecule has 0 saturated carbocycles. The number of halogens is 1. The van der Waals surface area contributed by atoms with Gasteiger partial charge >= 0.3 is 0 Å². The molecular formula is C19H18ClNO3S. The van der Waals surface area contributed by atoms with Crippen molar-refractivity contribution in [2.24, 2.45) is 0 Å². The lowest BCUT2D eigenvalue weighted by atomic mass is 10.1. The maximum absolute atomic E-state index is 13.1. The first-order valence-electron chi connectivity index (χ1n) is 7.84. The van der Waals surface area contributed by atoms with E-state index in [-0.39, 0.29) is 11.7 Å². The van der Waals surface area contributed by atoms with Crippen LogP contribution in [0.5, 0.6) is 0 Å². The van der Waals surface area contributed by atoms with E-state index in [2.05, 4.69) is 0 Å². The van der Waals surface area contributed by atoms with Gasteiger partial charge in [0, 0.05) is 21.7 Å². The van der Waals surface area contributed by atoms with E-state index in [4.69, 9.17) is 11.6 Å². The second kappa shape index (κ2) is 6.65. The van der Waals surface area contributed by atoms with Crippen LogP contribution in [0.15, 0.2) is 53.9 Å². The van der Waals surface area contributed by atoms with Gasteiger partial charge in [0.1, 0.15) is 0 Å². The van der Waals surface area contributed by atoms with Crippen LogP contribution in [0.2, 0.25) is 5.02 Å². The highest BCUT2D eigenvalue weighted by Crippen LogP contribution is 2.27. The zero-order valence-electron chi connectivity index (χ0n) is 13.9. The molecule has 0 aliphatic carbocycles. The molecule has 0 spiro atoms. The number of aryl methyl sites for hydroxylation is 2. The first-order valence-corrected chi connectivity index (χ1v) is 9.93. The highest BCUT2D eigenvalue weighted by molar-refractivity contribution is 7.94. The Labute approximate surface area is 152 Å². The standard InChI is InChI=1S/C19H18ClNO3S/c1-13-6-7-17(10-14(13)2)21(18-8-9-25(23,24)12-18)19(22)15-4-3-5-16(20)11-15/h3-11,18H,12H2,1-2H3. The smallest absolute Gasteiger partial charge is 0.258 e. The Kier molecular flexibility index (Phi) is 4.71. The number of hydrogen-bond donors (Lipinski definition) is 0. The van der Waals surface area contributed by atoms with Gasteiger partial charge in [-0.3, -0.25) is 4.79 Å². The van der Waals surface area contributed by atoms with Gasteiger partial charge in [-0.15, -0.1) is 0 Å². The van der Waals surface area contributed by atoms with Crippen molar-refractivity contribution in [3.63, 3.8) is 0 Å². The molecule has 1 atom stereocenters. The summed E-state index contributed by atoms with van der Waals surface area (Å²) in [7, 11) is -3.29. The van der Waals surface area contributed by atoms with Gasteiger partial charge in [-0.1, -0.05) is 23.7 Å². The topological polar surface area (TPSA) is 54.5 Å². The van der Waals surface area contributed by atoms with Crippen LogP contribution in [0.25, 0.3) is 0 Å². The highest BCUT2D eigenvalue weighted by Gasteiger charge is 2.32. The first-order chi connectivity index (χ1) is 11.8. The summed E-state index contributed by atoms with van der Waals surface area (Å²) in [4.78, 5) is 14.7. The maximum Gasteiger partial charge on any atom is 0.258 e. The van der Waals surface area contributed by atoms with E-state index in [1.165, 1.54) is 10.3 Å². The van der Waals surface area contributed by atoms with E-state index < -0.39 is 15.9 Å². The van der Waals surface area contributed by atoms with Crippen LogP contribution in [-0.4, -0.2) is 26.1 Å². The summed E-state index contributed by atoms with van der Waals surface area (Å²) in [5.41, 5.74) is 3.22. The number of carbonyl (C=O) groups is 1. The molecule has 1 unspecified atom stereocenters. The van der Waals surface area contributed by atoms with Gasteiger partial charge < -0.3 is 4.90 Å². The van der Waals surface area contributed by atoms with Crippen molar-refractivity contribution in [3.8, 4) is 0 Å². The van der Waals surface area contributed by atoms with E-state index in [0.717, 1.165) is 11.1 Å². The minimum atomic E-state index is -3.29. The molecule has 2 aromatic rings. The van der Waals surface area contributed by atoms with Gasteiger partial charge in [0.15, 0.2) is 9.84 Å². The highest BCUT2D eigenvalue weighted by atomic mass is 35.5. The second-order valence-electron chi connectivity index (χ2n) is 6.18. The number of hydrogen-bond acceptors (Lipinski definition) is 3. The summed E-state index contributed by atoms with van der Waals surface area (Å²) in [6.45, 7) is 3.95. The fourth-order valence-electron chi connectivity index (χ4n) is 2.82. The Balaban J connectivity index is 2.07. The van der Waals surface area contributed by atoms with Crippen LogP contribution in [-0.2, 0) is 9.84 Å². The lowest BCUT2D eigenvalue weighted by Crippen LogP contribution is -2.41. The molecule has 130 valence electrons. The molecule has 6 heteroatoms. The SMILES string of the molecule is Cc1ccc(N(C(=O)c2cccc(Cl)c2)C2C=CS(=O)(=O)C2)cc1C. The third kappa shape index (κ3) is 3.78. The molecule has 0 bridgehead atoms. The summed E-state index contributed by atoms with van der Waals surface area (Å²) in [6, 6.07) is 11.8. The monoisotopic (exact) mass is 375 g/mol. The van der Waals surface area contributed by atoms with Gasteiger partial charge in [-0.25, -0.2) is 8.42 Å². The van der Waals surface area contributed by atoms with Gasteiger partial charge in [0.25, 0.3) is 5.91 Å². The molecule has 25 heavy (non-hydrogen) atoms. The van der Waals surface area contributed by atoms with Crippen molar-refractivity contribution in [1.82, 2.24) is 0 Å². The summed E-state index contributed by atoms with van der Waals surface area (Å²) >= 11 is 6.01. The Morgan fingerprint density at radius 1 is 1.12 bits per heavy atom. The molecule has 1 aliphatic heterocycles. The minimum Gasteiger partial charge on any atom is -0.300 e. The van der Waals surface area contributed by atoms with Crippen LogP contribution < -0.4 is 4.90 Å². The van der Waals surface area contributed by atoms with E-state index in [9.17, 15) is 13.2 Å². The summed E-state index contributed by atoms with van der Waals surface area (Å²) in [5.74, 6) is -0.399. The number of anilines is 1. The molecular weight excluding hydrogens is 358 g/mol. The predicted octanol–water partition coefficient (Wildman–Crippen LogP) is 3.91. The Bertz CT molecular complexity index is 966.